The molecule has 0 aliphatic rings. The molecular formula is C13H12F2N2O2S. The molecular weight excluding hydrogens is 286 g/mol. The third-order valence-electron chi connectivity index (χ3n) is 2.63. The number of hydrogen-bond donors (Lipinski definition) is 2. The number of benzene rings is 2. The van der Waals surface area contributed by atoms with Crippen molar-refractivity contribution >= 4 is 21.4 Å². The molecule has 0 fully saturated rings. The Hall–Kier alpha value is -2.15. The number of nitrogen functional groups attached to an aromatic ring is 1. The summed E-state index contributed by atoms with van der Waals surface area (Å²) in [4.78, 5) is -0.306. The molecule has 0 aliphatic carbocycles. The molecule has 0 aliphatic heterocycles. The summed E-state index contributed by atoms with van der Waals surface area (Å²) in [5, 5.41) is 0. The van der Waals surface area contributed by atoms with Crippen molar-refractivity contribution < 1.29 is 17.2 Å². The third kappa shape index (κ3) is 2.88. The van der Waals surface area contributed by atoms with Crippen LogP contribution in [0.25, 0.3) is 0 Å². The number of hydrogen-bond acceptors (Lipinski definition) is 3. The molecule has 2 aromatic rings. The summed E-state index contributed by atoms with van der Waals surface area (Å²) >= 11 is 0. The van der Waals surface area contributed by atoms with Crippen molar-refractivity contribution in [2.24, 2.45) is 0 Å². The van der Waals surface area contributed by atoms with E-state index in [0.717, 1.165) is 24.3 Å². The van der Waals surface area contributed by atoms with Gasteiger partial charge in [0.1, 0.15) is 16.5 Å². The van der Waals surface area contributed by atoms with Gasteiger partial charge in [0, 0.05) is 0 Å². The maximum absolute atomic E-state index is 13.6. The second kappa shape index (κ2) is 5.09. The molecule has 2 aromatic carbocycles. The van der Waals surface area contributed by atoms with Gasteiger partial charge in [0.25, 0.3) is 10.0 Å². The summed E-state index contributed by atoms with van der Waals surface area (Å²) in [6.45, 7) is 1.70. The Morgan fingerprint density at radius 2 is 1.80 bits per heavy atom. The Morgan fingerprint density at radius 1 is 1.10 bits per heavy atom. The fourth-order valence-corrected chi connectivity index (χ4v) is 2.85. The molecule has 0 bridgehead atoms. The van der Waals surface area contributed by atoms with Gasteiger partial charge in [-0.15, -0.1) is 0 Å². The Morgan fingerprint density at radius 3 is 2.45 bits per heavy atom. The summed E-state index contributed by atoms with van der Waals surface area (Å²) in [6.07, 6.45) is 0. The molecule has 0 saturated heterocycles. The summed E-state index contributed by atoms with van der Waals surface area (Å²) in [7, 11) is -4.08. The van der Waals surface area contributed by atoms with E-state index in [-0.39, 0.29) is 16.3 Å². The molecule has 7 heteroatoms. The quantitative estimate of drug-likeness (QED) is 0.856. The fraction of sp³-hybridized carbons (Fsp3) is 0.0769. The third-order valence-corrected chi connectivity index (χ3v) is 4.07. The van der Waals surface area contributed by atoms with Crippen LogP contribution in [0.2, 0.25) is 0 Å². The Labute approximate surface area is 115 Å². The Bertz CT molecular complexity index is 761. The van der Waals surface area contributed by atoms with E-state index in [4.69, 9.17) is 5.73 Å². The van der Waals surface area contributed by atoms with Gasteiger partial charge in [-0.05, 0) is 42.8 Å². The van der Waals surface area contributed by atoms with Gasteiger partial charge in [-0.25, -0.2) is 17.2 Å². The SMILES string of the molecule is Cc1ccc(F)c(NS(=O)(=O)c2ccc(F)cc2N)c1. The lowest BCUT2D eigenvalue weighted by atomic mass is 10.2. The van der Waals surface area contributed by atoms with Crippen molar-refractivity contribution in [3.8, 4) is 0 Å². The highest BCUT2D eigenvalue weighted by Gasteiger charge is 2.19. The van der Waals surface area contributed by atoms with E-state index in [1.54, 1.807) is 6.92 Å². The van der Waals surface area contributed by atoms with Crippen molar-refractivity contribution in [3.63, 3.8) is 0 Å². The first-order valence-corrected chi connectivity index (χ1v) is 7.12. The molecule has 3 N–H and O–H groups in total. The fourth-order valence-electron chi connectivity index (χ4n) is 1.68. The normalized spacial score (nSPS) is 11.3. The molecule has 2 rings (SSSR count). The Kier molecular flexibility index (Phi) is 3.63. The minimum Gasteiger partial charge on any atom is -0.398 e. The average Bonchev–Trinajstić information content (AvgIpc) is 2.33. The van der Waals surface area contributed by atoms with E-state index < -0.39 is 21.7 Å². The summed E-state index contributed by atoms with van der Waals surface area (Å²) < 4.78 is 52.8. The average molecular weight is 298 g/mol. The van der Waals surface area contributed by atoms with Gasteiger partial charge < -0.3 is 5.73 Å². The first-order valence-electron chi connectivity index (χ1n) is 5.63. The molecule has 0 aromatic heterocycles. The van der Waals surface area contributed by atoms with E-state index in [1.165, 1.54) is 12.1 Å². The highest BCUT2D eigenvalue weighted by molar-refractivity contribution is 7.92. The Balaban J connectivity index is 2.43. The van der Waals surface area contributed by atoms with Crippen LogP contribution in [0.4, 0.5) is 20.2 Å². The van der Waals surface area contributed by atoms with E-state index in [0.29, 0.717) is 5.56 Å². The number of aryl methyl sites for hydroxylation is 1. The van der Waals surface area contributed by atoms with Gasteiger partial charge in [0.15, 0.2) is 0 Å². The van der Waals surface area contributed by atoms with Crippen LogP contribution in [-0.4, -0.2) is 8.42 Å². The zero-order chi connectivity index (χ0) is 14.9. The molecule has 0 heterocycles. The molecule has 0 saturated carbocycles. The van der Waals surface area contributed by atoms with Gasteiger partial charge in [-0.3, -0.25) is 4.72 Å². The molecule has 0 unspecified atom stereocenters. The monoisotopic (exact) mass is 298 g/mol. The summed E-state index contributed by atoms with van der Waals surface area (Å²) in [6, 6.07) is 6.91. The standard InChI is InChI=1S/C13H12F2N2O2S/c1-8-2-4-10(15)12(6-8)17-20(18,19)13-5-3-9(14)7-11(13)16/h2-7,17H,16H2,1H3. The zero-order valence-corrected chi connectivity index (χ0v) is 11.3. The maximum atomic E-state index is 13.6. The number of anilines is 2. The smallest absolute Gasteiger partial charge is 0.264 e. The van der Waals surface area contributed by atoms with Crippen LogP contribution in [0, 0.1) is 18.6 Å². The highest BCUT2D eigenvalue weighted by Crippen LogP contribution is 2.24. The minimum atomic E-state index is -4.08. The van der Waals surface area contributed by atoms with E-state index in [9.17, 15) is 17.2 Å². The lowest BCUT2D eigenvalue weighted by molar-refractivity contribution is 0.597. The highest BCUT2D eigenvalue weighted by atomic mass is 32.2. The van der Waals surface area contributed by atoms with Crippen molar-refractivity contribution in [1.82, 2.24) is 0 Å². The largest absolute Gasteiger partial charge is 0.398 e. The van der Waals surface area contributed by atoms with Crippen LogP contribution in [0.1, 0.15) is 5.56 Å². The van der Waals surface area contributed by atoms with Crippen LogP contribution in [0.15, 0.2) is 41.3 Å². The molecule has 0 spiro atoms. The zero-order valence-electron chi connectivity index (χ0n) is 10.5. The van der Waals surface area contributed by atoms with Crippen molar-refractivity contribution in [2.75, 3.05) is 10.5 Å². The number of halogens is 2. The first kappa shape index (κ1) is 14.3. The molecule has 0 atom stereocenters. The van der Waals surface area contributed by atoms with E-state index in [1.807, 2.05) is 0 Å². The molecule has 20 heavy (non-hydrogen) atoms. The summed E-state index contributed by atoms with van der Waals surface area (Å²) in [5.74, 6) is -1.36. The van der Waals surface area contributed by atoms with Gasteiger partial charge >= 0.3 is 0 Å². The van der Waals surface area contributed by atoms with Crippen LogP contribution < -0.4 is 10.5 Å². The van der Waals surface area contributed by atoms with E-state index in [2.05, 4.69) is 4.72 Å². The minimum absolute atomic E-state index is 0.186. The maximum Gasteiger partial charge on any atom is 0.264 e. The van der Waals surface area contributed by atoms with Crippen LogP contribution in [0.5, 0.6) is 0 Å². The van der Waals surface area contributed by atoms with Crippen molar-refractivity contribution in [2.45, 2.75) is 11.8 Å². The number of rotatable bonds is 3. The summed E-state index contributed by atoms with van der Waals surface area (Å²) in [5.41, 5.74) is 5.74. The van der Waals surface area contributed by atoms with Crippen LogP contribution in [-0.2, 0) is 10.0 Å². The van der Waals surface area contributed by atoms with Gasteiger partial charge in [-0.1, -0.05) is 6.07 Å². The number of nitrogens with one attached hydrogen (secondary N) is 1. The lowest BCUT2D eigenvalue weighted by Crippen LogP contribution is -2.16. The van der Waals surface area contributed by atoms with Gasteiger partial charge in [0.05, 0.1) is 11.4 Å². The molecule has 0 amide bonds. The van der Waals surface area contributed by atoms with Gasteiger partial charge in [-0.2, -0.15) is 0 Å². The predicted octanol–water partition coefficient (Wildman–Crippen LogP) is 2.66. The second-order valence-electron chi connectivity index (χ2n) is 4.27. The first-order chi connectivity index (χ1) is 9.29. The molecule has 0 radical (unpaired) electrons. The van der Waals surface area contributed by atoms with Crippen LogP contribution >= 0.6 is 0 Å². The number of nitrogens with two attached hydrogens (primary N) is 1. The van der Waals surface area contributed by atoms with Gasteiger partial charge in [0.2, 0.25) is 0 Å². The van der Waals surface area contributed by atoms with Crippen LogP contribution in [0.3, 0.4) is 0 Å². The van der Waals surface area contributed by atoms with E-state index >= 15 is 0 Å². The predicted molar refractivity (Wildman–Crippen MR) is 72.8 cm³/mol. The topological polar surface area (TPSA) is 72.2 Å². The molecule has 4 nitrogen and oxygen atoms in total. The number of sulfonamides is 1. The second-order valence-corrected chi connectivity index (χ2v) is 5.92. The lowest BCUT2D eigenvalue weighted by Gasteiger charge is -2.11. The molecule has 106 valence electrons. The van der Waals surface area contributed by atoms with Crippen molar-refractivity contribution in [1.29, 1.82) is 0 Å². The van der Waals surface area contributed by atoms with Crippen molar-refractivity contribution in [3.05, 3.63) is 53.6 Å².